The molecule has 6 heteroatoms. The smallest absolute Gasteiger partial charge is 0.330 e. The third-order valence-corrected chi connectivity index (χ3v) is 2.73. The van der Waals surface area contributed by atoms with Gasteiger partial charge in [-0.05, 0) is 12.8 Å². The minimum Gasteiger partial charge on any atom is -0.343 e. The van der Waals surface area contributed by atoms with E-state index in [4.69, 9.17) is 0 Å². The van der Waals surface area contributed by atoms with E-state index in [1.165, 1.54) is 11.6 Å². The molecule has 0 atom stereocenters. The molecule has 0 saturated carbocycles. The van der Waals surface area contributed by atoms with Gasteiger partial charge in [0.15, 0.2) is 0 Å². The van der Waals surface area contributed by atoms with Crippen molar-refractivity contribution in [1.82, 2.24) is 9.13 Å². The molecule has 0 amide bonds. The summed E-state index contributed by atoms with van der Waals surface area (Å²) >= 11 is 0. The molecule has 1 radical (unpaired) electrons. The van der Waals surface area contributed by atoms with Gasteiger partial charge in [-0.2, -0.15) is 12.8 Å². The zero-order chi connectivity index (χ0) is 12.3. The maximum atomic E-state index is 11.9. The molecule has 1 aromatic rings. The van der Waals surface area contributed by atoms with E-state index in [-0.39, 0.29) is 65.0 Å². The van der Waals surface area contributed by atoms with Crippen molar-refractivity contribution in [1.29, 1.82) is 0 Å². The molecule has 0 fully saturated rings. The molecule has 0 bridgehead atoms. The Kier molecular flexibility index (Phi) is 10.8. The van der Waals surface area contributed by atoms with Crippen molar-refractivity contribution in [2.45, 2.75) is 25.7 Å². The predicted octanol–water partition coefficient (Wildman–Crippen LogP) is 0.612. The first-order chi connectivity index (χ1) is 7.54. The minimum absolute atomic E-state index is 0. The third kappa shape index (κ3) is 4.25. The Labute approximate surface area is 147 Å². The largest absolute Gasteiger partial charge is 0.343 e. The molecule has 18 heavy (non-hydrogen) atoms. The molecule has 1 heterocycles. The van der Waals surface area contributed by atoms with E-state index in [1.807, 2.05) is 0 Å². The van der Waals surface area contributed by atoms with Crippen molar-refractivity contribution in [3.63, 3.8) is 0 Å². The van der Waals surface area contributed by atoms with Crippen molar-refractivity contribution < 1.29 is 53.8 Å². The predicted molar refractivity (Wildman–Crippen MR) is 64.3 cm³/mol. The van der Waals surface area contributed by atoms with Gasteiger partial charge < -0.3 is 18.4 Å². The number of hydrogen-bond acceptors (Lipinski definition) is 2. The summed E-state index contributed by atoms with van der Waals surface area (Å²) in [5.41, 5.74) is 1.02. The normalized spacial score (nSPS) is 9.56. The van der Waals surface area contributed by atoms with Gasteiger partial charge in [0.05, 0.1) is 0 Å². The number of hydrogen-bond donors (Lipinski definition) is 0. The SMILES string of the molecule is [CH2-]CCc1c(CC[CH2-])n(C)c(=O)n(C)c1=O.[W].[Y]. The summed E-state index contributed by atoms with van der Waals surface area (Å²) in [6, 6.07) is 0. The molecule has 0 saturated heterocycles. The van der Waals surface area contributed by atoms with Crippen LogP contribution < -0.4 is 11.2 Å². The number of aromatic nitrogens is 2. The summed E-state index contributed by atoms with van der Waals surface area (Å²) in [7, 11) is 3.20. The molecule has 0 aliphatic rings. The van der Waals surface area contributed by atoms with E-state index in [1.54, 1.807) is 7.05 Å². The topological polar surface area (TPSA) is 44.0 Å². The van der Waals surface area contributed by atoms with Crippen molar-refractivity contribution in [3.8, 4) is 0 Å². The van der Waals surface area contributed by atoms with Gasteiger partial charge in [0.25, 0.3) is 5.56 Å². The van der Waals surface area contributed by atoms with Gasteiger partial charge in [0.1, 0.15) is 0 Å². The van der Waals surface area contributed by atoms with Gasteiger partial charge >= 0.3 is 5.69 Å². The standard InChI is InChI=1S/C12H18N2O2.W.Y/c1-5-7-9-10(8-6-2)13(3)12(16)14(4)11(9)15;;/h1-2,5-8H2,3-4H3;;/q-2;;. The van der Waals surface area contributed by atoms with Gasteiger partial charge in [0.2, 0.25) is 0 Å². The number of nitrogens with zero attached hydrogens (tertiary/aromatic N) is 2. The zero-order valence-electron chi connectivity index (χ0n) is 10.9. The second kappa shape index (κ2) is 9.39. The Morgan fingerprint density at radius 2 is 1.50 bits per heavy atom. The Morgan fingerprint density at radius 3 is 1.94 bits per heavy atom. The molecule has 0 N–H and O–H groups in total. The van der Waals surface area contributed by atoms with Crippen molar-refractivity contribution in [2.75, 3.05) is 0 Å². The van der Waals surface area contributed by atoms with Crippen LogP contribution in [0.25, 0.3) is 0 Å². The van der Waals surface area contributed by atoms with Crippen LogP contribution in [0.3, 0.4) is 0 Å². The molecule has 99 valence electrons. The summed E-state index contributed by atoms with van der Waals surface area (Å²) in [5.74, 6) is 0. The van der Waals surface area contributed by atoms with Gasteiger partial charge in [-0.3, -0.25) is 9.36 Å². The summed E-state index contributed by atoms with van der Waals surface area (Å²) in [4.78, 5) is 23.7. The van der Waals surface area contributed by atoms with Gasteiger partial charge in [0, 0.05) is 79.1 Å². The van der Waals surface area contributed by atoms with Crippen LogP contribution in [0.4, 0.5) is 0 Å². The van der Waals surface area contributed by atoms with Crippen LogP contribution in [-0.2, 0) is 80.7 Å². The monoisotopic (exact) mass is 495 g/mol. The average Bonchev–Trinajstić information content (AvgIpc) is 2.28. The Bertz CT molecular complexity index is 494. The van der Waals surface area contributed by atoms with Crippen molar-refractivity contribution in [2.24, 2.45) is 14.1 Å². The average molecular weight is 495 g/mol. The van der Waals surface area contributed by atoms with E-state index < -0.39 is 0 Å². The molecule has 4 nitrogen and oxygen atoms in total. The number of rotatable bonds is 4. The van der Waals surface area contributed by atoms with Gasteiger partial charge in [-0.25, -0.2) is 4.79 Å². The molecule has 0 aliphatic carbocycles. The molecule has 1 aromatic heterocycles. The molecule has 0 aliphatic heterocycles. The Morgan fingerprint density at radius 1 is 1.00 bits per heavy atom. The van der Waals surface area contributed by atoms with Gasteiger partial charge in [-0.15, -0.1) is 0 Å². The summed E-state index contributed by atoms with van der Waals surface area (Å²) in [5, 5.41) is 0. The van der Waals surface area contributed by atoms with Crippen LogP contribution >= 0.6 is 0 Å². The fourth-order valence-corrected chi connectivity index (χ4v) is 1.87. The van der Waals surface area contributed by atoms with Crippen LogP contribution in [-0.4, -0.2) is 9.13 Å². The molecule has 0 unspecified atom stereocenters. The van der Waals surface area contributed by atoms with Crippen LogP contribution in [0.1, 0.15) is 24.1 Å². The Balaban J connectivity index is 0. The maximum Gasteiger partial charge on any atom is 0.330 e. The van der Waals surface area contributed by atoms with Gasteiger partial charge in [-0.1, -0.05) is 0 Å². The zero-order valence-corrected chi connectivity index (χ0v) is 16.7. The molecule has 0 aromatic carbocycles. The molecule has 0 spiro atoms. The summed E-state index contributed by atoms with van der Waals surface area (Å²) in [6.07, 6.45) is 2.58. The quantitative estimate of drug-likeness (QED) is 0.576. The molecular weight excluding hydrogens is 477 g/mol. The van der Waals surface area contributed by atoms with E-state index in [0.717, 1.165) is 10.3 Å². The van der Waals surface area contributed by atoms with E-state index in [0.29, 0.717) is 31.2 Å². The fraction of sp³-hybridized carbons (Fsp3) is 0.500. The fourth-order valence-electron chi connectivity index (χ4n) is 1.87. The van der Waals surface area contributed by atoms with E-state index >= 15 is 0 Å². The first-order valence-electron chi connectivity index (χ1n) is 5.40. The first kappa shape index (κ1) is 20.8. The first-order valence-corrected chi connectivity index (χ1v) is 5.40. The van der Waals surface area contributed by atoms with Crippen LogP contribution in [0, 0.1) is 13.8 Å². The Hall–Kier alpha value is 0.472. The van der Waals surface area contributed by atoms with Crippen LogP contribution in [0.15, 0.2) is 9.59 Å². The van der Waals surface area contributed by atoms with Crippen LogP contribution in [0.2, 0.25) is 0 Å². The summed E-state index contributed by atoms with van der Waals surface area (Å²) in [6.45, 7) is 7.52. The minimum atomic E-state index is -0.277. The third-order valence-electron chi connectivity index (χ3n) is 2.73. The molecule has 1 rings (SSSR count). The molecular formula is C12H18N2O2WY-2. The van der Waals surface area contributed by atoms with Crippen molar-refractivity contribution in [3.05, 3.63) is 45.9 Å². The van der Waals surface area contributed by atoms with E-state index in [9.17, 15) is 9.59 Å². The van der Waals surface area contributed by atoms with Crippen LogP contribution in [0.5, 0.6) is 0 Å². The summed E-state index contributed by atoms with van der Waals surface area (Å²) < 4.78 is 2.69. The van der Waals surface area contributed by atoms with E-state index in [2.05, 4.69) is 13.8 Å². The second-order valence-corrected chi connectivity index (χ2v) is 3.84. The maximum absolute atomic E-state index is 11.9. The second-order valence-electron chi connectivity index (χ2n) is 3.84. The van der Waals surface area contributed by atoms with Crippen molar-refractivity contribution >= 4 is 0 Å².